The molecule has 1 aromatic heterocycles. The number of alkyl halides is 3. The van der Waals surface area contributed by atoms with Gasteiger partial charge in [-0.05, 0) is 56.2 Å². The second-order valence-corrected chi connectivity index (χ2v) is 10.1. The summed E-state index contributed by atoms with van der Waals surface area (Å²) in [5.41, 5.74) is 0.137. The molecule has 0 N–H and O–H groups in total. The van der Waals surface area contributed by atoms with Gasteiger partial charge in [0.25, 0.3) is 5.91 Å². The minimum Gasteiger partial charge on any atom is -0.339 e. The smallest absolute Gasteiger partial charge is 0.339 e. The van der Waals surface area contributed by atoms with Crippen molar-refractivity contribution in [1.82, 2.24) is 24.5 Å². The molecule has 1 aromatic carbocycles. The molecule has 2 saturated heterocycles. The van der Waals surface area contributed by atoms with Crippen LogP contribution in [0, 0.1) is 11.8 Å². The number of halogens is 3. The lowest BCUT2D eigenvalue weighted by atomic mass is 10.0. The lowest BCUT2D eigenvalue weighted by Gasteiger charge is -2.27. The molecule has 3 atom stereocenters. The van der Waals surface area contributed by atoms with E-state index in [1.165, 1.54) is 23.1 Å². The van der Waals surface area contributed by atoms with Crippen molar-refractivity contribution in [2.24, 2.45) is 11.8 Å². The molecule has 1 unspecified atom stereocenters. The Bertz CT molecular complexity index is 1080. The number of hydrogen-bond acceptors (Lipinski definition) is 4. The predicted octanol–water partition coefficient (Wildman–Crippen LogP) is 3.95. The molecule has 3 fully saturated rings. The molecular formula is C25H30F3N5O2. The van der Waals surface area contributed by atoms with E-state index in [-0.39, 0.29) is 30.1 Å². The molecule has 2 amide bonds. The Morgan fingerprint density at radius 3 is 2.37 bits per heavy atom. The van der Waals surface area contributed by atoms with Crippen LogP contribution in [0.5, 0.6) is 0 Å². The summed E-state index contributed by atoms with van der Waals surface area (Å²) in [5.74, 6) is 0.536. The van der Waals surface area contributed by atoms with Crippen LogP contribution in [0.25, 0.3) is 0 Å². The molecule has 0 radical (unpaired) electrons. The van der Waals surface area contributed by atoms with E-state index in [1.54, 1.807) is 21.9 Å². The van der Waals surface area contributed by atoms with E-state index in [2.05, 4.69) is 5.10 Å². The second-order valence-electron chi connectivity index (χ2n) is 10.1. The number of likely N-dealkylation sites (tertiary alicyclic amines) is 2. The monoisotopic (exact) mass is 489 g/mol. The highest BCUT2D eigenvalue weighted by molar-refractivity contribution is 5.94. The van der Waals surface area contributed by atoms with Crippen molar-refractivity contribution >= 4 is 11.9 Å². The van der Waals surface area contributed by atoms with Gasteiger partial charge in [-0.1, -0.05) is 18.2 Å². The number of aromatic nitrogens is 2. The molecule has 5 rings (SSSR count). The molecule has 0 bridgehead atoms. The maximum Gasteiger partial charge on any atom is 0.416 e. The van der Waals surface area contributed by atoms with Crippen molar-refractivity contribution in [3.63, 3.8) is 0 Å². The Labute approximate surface area is 202 Å². The average Bonchev–Trinajstić information content (AvgIpc) is 3.61. The van der Waals surface area contributed by atoms with Crippen LogP contribution in [0.2, 0.25) is 0 Å². The summed E-state index contributed by atoms with van der Waals surface area (Å²) in [7, 11) is 1.88. The fraction of sp³-hybridized carbons (Fsp3) is 0.560. The molecule has 2 aliphatic heterocycles. The first-order chi connectivity index (χ1) is 16.7. The predicted molar refractivity (Wildman–Crippen MR) is 123 cm³/mol. The van der Waals surface area contributed by atoms with E-state index in [0.717, 1.165) is 44.8 Å². The van der Waals surface area contributed by atoms with Crippen molar-refractivity contribution in [3.8, 4) is 0 Å². The lowest BCUT2D eigenvalue weighted by Crippen LogP contribution is -2.36. The van der Waals surface area contributed by atoms with Crippen LogP contribution in [0.3, 0.4) is 0 Å². The van der Waals surface area contributed by atoms with Crippen LogP contribution in [-0.4, -0.2) is 75.7 Å². The summed E-state index contributed by atoms with van der Waals surface area (Å²) >= 11 is 0. The second kappa shape index (κ2) is 9.29. The zero-order valence-corrected chi connectivity index (χ0v) is 19.7. The molecular weight excluding hydrogens is 459 g/mol. The molecule has 7 nitrogen and oxygen atoms in total. The number of hydrogen-bond donors (Lipinski definition) is 0. The number of benzene rings is 1. The third-order valence-electron chi connectivity index (χ3n) is 7.78. The maximum atomic E-state index is 13.4. The highest BCUT2D eigenvalue weighted by Gasteiger charge is 2.44. The quantitative estimate of drug-likeness (QED) is 0.653. The Morgan fingerprint density at radius 1 is 1.06 bits per heavy atom. The number of nitrogens with zero attached hydrogens (tertiary/aromatic N) is 5. The van der Waals surface area contributed by atoms with Gasteiger partial charge < -0.3 is 9.80 Å². The Hall–Kier alpha value is -2.88. The maximum absolute atomic E-state index is 13.4. The lowest BCUT2D eigenvalue weighted by molar-refractivity contribution is -0.138. The first-order valence-electron chi connectivity index (χ1n) is 12.2. The zero-order valence-electron chi connectivity index (χ0n) is 19.7. The topological polar surface area (TPSA) is 61.7 Å². The average molecular weight is 490 g/mol. The summed E-state index contributed by atoms with van der Waals surface area (Å²) in [6, 6.07) is 5.69. The summed E-state index contributed by atoms with van der Waals surface area (Å²) in [6.07, 6.45) is 2.30. The summed E-state index contributed by atoms with van der Waals surface area (Å²) in [6.45, 7) is 2.92. The number of fused-ring (bicyclic) bond motifs is 1. The molecule has 1 saturated carbocycles. The Kier molecular flexibility index (Phi) is 6.33. The highest BCUT2D eigenvalue weighted by atomic mass is 19.4. The first-order valence-corrected chi connectivity index (χ1v) is 12.2. The van der Waals surface area contributed by atoms with E-state index in [1.807, 2.05) is 11.9 Å². The van der Waals surface area contributed by atoms with Gasteiger partial charge in [0.05, 0.1) is 17.3 Å². The van der Waals surface area contributed by atoms with Crippen molar-refractivity contribution in [3.05, 3.63) is 53.3 Å². The van der Waals surface area contributed by atoms with Crippen molar-refractivity contribution in [2.45, 2.75) is 44.4 Å². The van der Waals surface area contributed by atoms with E-state index in [4.69, 9.17) is 0 Å². The van der Waals surface area contributed by atoms with Gasteiger partial charge in [-0.2, -0.15) is 23.0 Å². The molecule has 0 spiro atoms. The van der Waals surface area contributed by atoms with Gasteiger partial charge in [0.2, 0.25) is 0 Å². The minimum absolute atomic E-state index is 0.0854. The third-order valence-corrected chi connectivity index (χ3v) is 7.78. The molecule has 10 heteroatoms. The normalized spacial score (nSPS) is 24.4. The number of carbonyl (C=O) groups excluding carboxylic acids is 2. The summed E-state index contributed by atoms with van der Waals surface area (Å²) in [4.78, 5) is 31.1. The first kappa shape index (κ1) is 23.8. The molecule has 3 aliphatic rings. The Balaban J connectivity index is 1.17. The molecule has 2 aromatic rings. The summed E-state index contributed by atoms with van der Waals surface area (Å²) in [5, 5.41) is 4.14. The van der Waals surface area contributed by atoms with Gasteiger partial charge in [0.15, 0.2) is 0 Å². The summed E-state index contributed by atoms with van der Waals surface area (Å²) < 4.78 is 41.3. The van der Waals surface area contributed by atoms with Crippen LogP contribution in [0.4, 0.5) is 18.0 Å². The van der Waals surface area contributed by atoms with Gasteiger partial charge >= 0.3 is 12.2 Å². The fourth-order valence-electron chi connectivity index (χ4n) is 5.90. The minimum atomic E-state index is -4.37. The molecule has 35 heavy (non-hydrogen) atoms. The SMILES string of the molecule is CN(Cc1ccccc1C(F)(F)F)C1C[C@@H]2CN(C(=O)n3cc(C(=O)N4CCCC4)cn3)C[C@@H]2C1. The van der Waals surface area contributed by atoms with Gasteiger partial charge in [0.1, 0.15) is 0 Å². The zero-order chi connectivity index (χ0) is 24.7. The van der Waals surface area contributed by atoms with Gasteiger partial charge in [0, 0.05) is 45.0 Å². The van der Waals surface area contributed by atoms with Crippen LogP contribution >= 0.6 is 0 Å². The van der Waals surface area contributed by atoms with Crippen LogP contribution in [0.15, 0.2) is 36.7 Å². The van der Waals surface area contributed by atoms with E-state index < -0.39 is 11.7 Å². The van der Waals surface area contributed by atoms with Gasteiger partial charge in [-0.3, -0.25) is 9.69 Å². The van der Waals surface area contributed by atoms with E-state index >= 15 is 0 Å². The standard InChI is InChI=1S/C25H30F3N5O2/c1-30(13-17-6-2-3-7-22(17)25(26,27)28)21-10-18-14-32(15-19(18)11-21)24(35)33-16-20(12-29-33)23(34)31-8-4-5-9-31/h2-3,6-7,12,16,18-19,21H,4-5,8-11,13-15H2,1H3/t18-,19+,21?. The number of amides is 2. The Morgan fingerprint density at radius 2 is 1.71 bits per heavy atom. The van der Waals surface area contributed by atoms with Crippen LogP contribution in [-0.2, 0) is 12.7 Å². The molecule has 1 aliphatic carbocycles. The number of carbonyl (C=O) groups is 2. The van der Waals surface area contributed by atoms with E-state index in [0.29, 0.717) is 30.5 Å². The fourth-order valence-corrected chi connectivity index (χ4v) is 5.90. The van der Waals surface area contributed by atoms with Crippen molar-refractivity contribution < 1.29 is 22.8 Å². The third kappa shape index (κ3) is 4.80. The van der Waals surface area contributed by atoms with Crippen molar-refractivity contribution in [2.75, 3.05) is 33.2 Å². The highest BCUT2D eigenvalue weighted by Crippen LogP contribution is 2.41. The number of rotatable bonds is 4. The van der Waals surface area contributed by atoms with E-state index in [9.17, 15) is 22.8 Å². The molecule has 188 valence electrons. The van der Waals surface area contributed by atoms with Crippen LogP contribution in [0.1, 0.15) is 47.2 Å². The van der Waals surface area contributed by atoms with Crippen molar-refractivity contribution in [1.29, 1.82) is 0 Å². The van der Waals surface area contributed by atoms with Gasteiger partial charge in [-0.15, -0.1) is 0 Å². The molecule has 3 heterocycles. The largest absolute Gasteiger partial charge is 0.416 e. The van der Waals surface area contributed by atoms with Gasteiger partial charge in [-0.25, -0.2) is 4.79 Å². The van der Waals surface area contributed by atoms with Crippen LogP contribution < -0.4 is 0 Å².